The van der Waals surface area contributed by atoms with Crippen molar-refractivity contribution in [1.82, 2.24) is 10.3 Å². The van der Waals surface area contributed by atoms with Gasteiger partial charge in [0.2, 0.25) is 5.91 Å². The van der Waals surface area contributed by atoms with Crippen molar-refractivity contribution in [2.45, 2.75) is 6.92 Å². The molecule has 1 aromatic heterocycles. The zero-order chi connectivity index (χ0) is 20.8. The summed E-state index contributed by atoms with van der Waals surface area (Å²) in [6.07, 6.45) is 0. The van der Waals surface area contributed by atoms with Crippen molar-refractivity contribution in [3.05, 3.63) is 65.0 Å². The van der Waals surface area contributed by atoms with Gasteiger partial charge in [-0.1, -0.05) is 12.1 Å². The van der Waals surface area contributed by atoms with Gasteiger partial charge < -0.3 is 15.4 Å². The number of hydrogen-bond acceptors (Lipinski definition) is 5. The first-order chi connectivity index (χ1) is 14.0. The van der Waals surface area contributed by atoms with Gasteiger partial charge in [0.15, 0.2) is 5.13 Å². The summed E-state index contributed by atoms with van der Waals surface area (Å²) in [6, 6.07) is 10.0. The van der Waals surface area contributed by atoms with Crippen molar-refractivity contribution in [3.63, 3.8) is 0 Å². The first kappa shape index (κ1) is 20.4. The van der Waals surface area contributed by atoms with Crippen LogP contribution >= 0.6 is 11.3 Å². The van der Waals surface area contributed by atoms with E-state index in [4.69, 9.17) is 4.74 Å². The fraction of sp³-hybridized carbons (Fsp3) is 0.150. The summed E-state index contributed by atoms with van der Waals surface area (Å²) < 4.78 is 32.1. The van der Waals surface area contributed by atoms with E-state index >= 15 is 0 Å². The van der Waals surface area contributed by atoms with Crippen molar-refractivity contribution in [2.24, 2.45) is 0 Å². The Morgan fingerprint density at radius 3 is 2.72 bits per heavy atom. The van der Waals surface area contributed by atoms with Crippen LogP contribution < -0.4 is 15.4 Å². The molecule has 2 amide bonds. The topological polar surface area (TPSA) is 80.3 Å². The van der Waals surface area contributed by atoms with E-state index < -0.39 is 23.4 Å². The molecule has 150 valence electrons. The molecule has 0 aliphatic carbocycles. The van der Waals surface area contributed by atoms with Gasteiger partial charge >= 0.3 is 0 Å². The second-order valence-corrected chi connectivity index (χ2v) is 6.68. The molecule has 9 heteroatoms. The zero-order valence-electron chi connectivity index (χ0n) is 15.4. The van der Waals surface area contributed by atoms with Crippen LogP contribution in [-0.4, -0.2) is 29.9 Å². The van der Waals surface area contributed by atoms with Crippen molar-refractivity contribution >= 4 is 28.3 Å². The molecule has 29 heavy (non-hydrogen) atoms. The Labute approximate surface area is 169 Å². The highest BCUT2D eigenvalue weighted by Gasteiger charge is 2.15. The number of hydrogen-bond donors (Lipinski definition) is 2. The molecule has 0 saturated carbocycles. The monoisotopic (exact) mass is 417 g/mol. The predicted octanol–water partition coefficient (Wildman–Crippen LogP) is 3.86. The van der Waals surface area contributed by atoms with Crippen molar-refractivity contribution in [2.75, 3.05) is 18.5 Å². The molecule has 0 atom stereocenters. The maximum atomic E-state index is 13.6. The summed E-state index contributed by atoms with van der Waals surface area (Å²) in [7, 11) is 0. The summed E-state index contributed by atoms with van der Waals surface area (Å²) in [4.78, 5) is 28.4. The lowest BCUT2D eigenvalue weighted by molar-refractivity contribution is -0.115. The van der Waals surface area contributed by atoms with E-state index in [1.165, 1.54) is 11.3 Å². The Morgan fingerprint density at radius 1 is 1.17 bits per heavy atom. The molecule has 0 spiro atoms. The number of halogens is 2. The average molecular weight is 417 g/mol. The van der Waals surface area contributed by atoms with Gasteiger partial charge in [0, 0.05) is 17.0 Å². The normalized spacial score (nSPS) is 10.4. The number of amides is 2. The molecule has 0 radical (unpaired) electrons. The number of benzene rings is 2. The van der Waals surface area contributed by atoms with Gasteiger partial charge in [-0.15, -0.1) is 11.3 Å². The number of anilines is 1. The van der Waals surface area contributed by atoms with Crippen LogP contribution in [0.25, 0.3) is 11.3 Å². The summed E-state index contributed by atoms with van der Waals surface area (Å²) in [5.41, 5.74) is 1.10. The van der Waals surface area contributed by atoms with Gasteiger partial charge in [-0.25, -0.2) is 13.8 Å². The Morgan fingerprint density at radius 2 is 1.97 bits per heavy atom. The second kappa shape index (κ2) is 9.24. The number of aromatic nitrogens is 1. The molecular formula is C20H17F2N3O3S. The molecule has 0 saturated heterocycles. The number of thiazole rings is 1. The predicted molar refractivity (Wildman–Crippen MR) is 106 cm³/mol. The van der Waals surface area contributed by atoms with E-state index in [0.29, 0.717) is 29.2 Å². The third-order valence-corrected chi connectivity index (χ3v) is 4.56. The first-order valence-corrected chi connectivity index (χ1v) is 9.56. The van der Waals surface area contributed by atoms with Gasteiger partial charge in [0.25, 0.3) is 5.91 Å². The van der Waals surface area contributed by atoms with Crippen LogP contribution in [0.3, 0.4) is 0 Å². The Kier molecular flexibility index (Phi) is 6.50. The third-order valence-electron chi connectivity index (χ3n) is 3.80. The summed E-state index contributed by atoms with van der Waals surface area (Å²) >= 11 is 1.22. The Bertz CT molecular complexity index is 1040. The van der Waals surface area contributed by atoms with Gasteiger partial charge in [-0.3, -0.25) is 9.59 Å². The minimum atomic E-state index is -1.000. The maximum absolute atomic E-state index is 13.6. The van der Waals surface area contributed by atoms with Crippen LogP contribution in [-0.2, 0) is 4.79 Å². The van der Waals surface area contributed by atoms with Crippen LogP contribution in [0.1, 0.15) is 17.3 Å². The molecule has 0 unspecified atom stereocenters. The lowest BCUT2D eigenvalue weighted by atomic mass is 10.1. The van der Waals surface area contributed by atoms with Crippen LogP contribution in [0.15, 0.2) is 47.8 Å². The van der Waals surface area contributed by atoms with Gasteiger partial charge in [0.1, 0.15) is 17.4 Å². The van der Waals surface area contributed by atoms with E-state index in [9.17, 15) is 18.4 Å². The number of carbonyl (C=O) groups is 2. The highest BCUT2D eigenvalue weighted by atomic mass is 32.1. The molecule has 0 aliphatic rings. The molecule has 1 heterocycles. The molecule has 2 N–H and O–H groups in total. The number of ether oxygens (including phenoxy) is 1. The highest BCUT2D eigenvalue weighted by molar-refractivity contribution is 7.14. The number of nitrogens with zero attached hydrogens (tertiary/aromatic N) is 1. The molecule has 0 fully saturated rings. The molecule has 0 bridgehead atoms. The summed E-state index contributed by atoms with van der Waals surface area (Å²) in [6.45, 7) is 2.01. The lowest BCUT2D eigenvalue weighted by Crippen LogP contribution is -2.33. The summed E-state index contributed by atoms with van der Waals surface area (Å²) in [5.74, 6) is -2.45. The average Bonchev–Trinajstić information content (AvgIpc) is 3.15. The Balaban J connectivity index is 1.60. The van der Waals surface area contributed by atoms with E-state index in [2.05, 4.69) is 15.6 Å². The smallest absolute Gasteiger partial charge is 0.254 e. The van der Waals surface area contributed by atoms with Crippen molar-refractivity contribution in [1.29, 1.82) is 0 Å². The standard InChI is InChI=1S/C20H17F2N3O3S/c1-2-28-17-6-4-3-5-14(17)16-11-29-20(24-16)25-18(26)10-23-19(27)13-8-7-12(21)9-15(13)22/h3-9,11H,2,10H2,1H3,(H,23,27)(H,24,25,26). The maximum Gasteiger partial charge on any atom is 0.254 e. The molecule has 0 aliphatic heterocycles. The molecule has 2 aromatic carbocycles. The largest absolute Gasteiger partial charge is 0.493 e. The molecule has 3 rings (SSSR count). The fourth-order valence-electron chi connectivity index (χ4n) is 2.51. The number of rotatable bonds is 7. The molecule has 6 nitrogen and oxygen atoms in total. The van der Waals surface area contributed by atoms with Gasteiger partial charge in [-0.05, 0) is 31.2 Å². The van der Waals surface area contributed by atoms with E-state index in [1.54, 1.807) is 5.38 Å². The number of carbonyl (C=O) groups excluding carboxylic acids is 2. The fourth-order valence-corrected chi connectivity index (χ4v) is 3.23. The minimum absolute atomic E-state index is 0.344. The van der Waals surface area contributed by atoms with Crippen LogP contribution in [0.2, 0.25) is 0 Å². The van der Waals surface area contributed by atoms with Crippen LogP contribution in [0.5, 0.6) is 5.75 Å². The highest BCUT2D eigenvalue weighted by Crippen LogP contribution is 2.32. The first-order valence-electron chi connectivity index (χ1n) is 8.68. The lowest BCUT2D eigenvalue weighted by Gasteiger charge is -2.07. The van der Waals surface area contributed by atoms with Crippen molar-refractivity contribution in [3.8, 4) is 17.0 Å². The Hall–Kier alpha value is -3.33. The van der Waals surface area contributed by atoms with Gasteiger partial charge in [0.05, 0.1) is 24.4 Å². The van der Waals surface area contributed by atoms with E-state index in [-0.39, 0.29) is 12.1 Å². The molecule has 3 aromatic rings. The number of nitrogens with one attached hydrogen (secondary N) is 2. The molecular weight excluding hydrogens is 400 g/mol. The third kappa shape index (κ3) is 5.14. The summed E-state index contributed by atoms with van der Waals surface area (Å²) in [5, 5.41) is 6.98. The zero-order valence-corrected chi connectivity index (χ0v) is 16.2. The van der Waals surface area contributed by atoms with Crippen LogP contribution in [0, 0.1) is 11.6 Å². The van der Waals surface area contributed by atoms with E-state index in [1.807, 2.05) is 31.2 Å². The minimum Gasteiger partial charge on any atom is -0.493 e. The van der Waals surface area contributed by atoms with E-state index in [0.717, 1.165) is 17.7 Å². The van der Waals surface area contributed by atoms with Crippen LogP contribution in [0.4, 0.5) is 13.9 Å². The second-order valence-electron chi connectivity index (χ2n) is 5.82. The quantitative estimate of drug-likeness (QED) is 0.612. The number of para-hydroxylation sites is 1. The van der Waals surface area contributed by atoms with Crippen molar-refractivity contribution < 1.29 is 23.1 Å². The SMILES string of the molecule is CCOc1ccccc1-c1csc(NC(=O)CNC(=O)c2ccc(F)cc2F)n1. The van der Waals surface area contributed by atoms with Gasteiger partial charge in [-0.2, -0.15) is 0 Å².